The molecule has 2 aromatic rings. The first kappa shape index (κ1) is 16.1. The van der Waals surface area contributed by atoms with Crippen molar-refractivity contribution < 1.29 is 28.4 Å². The molecule has 9 heteroatoms. The zero-order valence-electron chi connectivity index (χ0n) is 12.5. The molecule has 1 aliphatic heterocycles. The van der Waals surface area contributed by atoms with Crippen LogP contribution < -0.4 is 11.1 Å². The number of anilines is 1. The van der Waals surface area contributed by atoms with Crippen molar-refractivity contribution in [1.29, 1.82) is 0 Å². The highest BCUT2D eigenvalue weighted by Crippen LogP contribution is 2.25. The lowest BCUT2D eigenvalue weighted by Gasteiger charge is -2.15. The Bertz CT molecular complexity index is 893. The second-order valence-electron chi connectivity index (χ2n) is 4.98. The maximum atomic E-state index is 14.0. The summed E-state index contributed by atoms with van der Waals surface area (Å²) in [5.41, 5.74) is 4.16. The van der Waals surface area contributed by atoms with Crippen molar-refractivity contribution in [3.05, 3.63) is 65.0 Å². The van der Waals surface area contributed by atoms with Crippen molar-refractivity contribution in [1.82, 2.24) is 5.06 Å². The molecular weight excluding hydrogens is 333 g/mol. The zero-order valence-corrected chi connectivity index (χ0v) is 12.5. The summed E-state index contributed by atoms with van der Waals surface area (Å²) in [5.74, 6) is -4.06. The second kappa shape index (κ2) is 6.04. The van der Waals surface area contributed by atoms with Gasteiger partial charge in [-0.05, 0) is 24.3 Å². The second-order valence-corrected chi connectivity index (χ2v) is 4.98. The molecule has 0 aliphatic carbocycles. The monoisotopic (exact) mass is 343 g/mol. The van der Waals surface area contributed by atoms with E-state index in [4.69, 9.17) is 10.6 Å². The third kappa shape index (κ3) is 2.78. The van der Waals surface area contributed by atoms with E-state index in [2.05, 4.69) is 5.32 Å². The van der Waals surface area contributed by atoms with Gasteiger partial charge in [0.15, 0.2) is 0 Å². The number of nitrogens with two attached hydrogens (primary N) is 1. The fourth-order valence-electron chi connectivity index (χ4n) is 2.35. The summed E-state index contributed by atoms with van der Waals surface area (Å²) in [4.78, 5) is 52.3. The normalized spacial score (nSPS) is 12.8. The van der Waals surface area contributed by atoms with Gasteiger partial charge >= 0.3 is 12.0 Å². The topological polar surface area (TPSA) is 119 Å². The first-order valence-corrected chi connectivity index (χ1v) is 6.95. The third-order valence-corrected chi connectivity index (χ3v) is 3.41. The average Bonchev–Trinajstić information content (AvgIpc) is 2.80. The minimum Gasteiger partial charge on any atom is -0.351 e. The maximum absolute atomic E-state index is 14.0. The summed E-state index contributed by atoms with van der Waals surface area (Å²) >= 11 is 0. The Balaban J connectivity index is 1.91. The molecule has 3 N–H and O–H groups in total. The predicted octanol–water partition coefficient (Wildman–Crippen LogP) is 1.68. The molecule has 0 spiro atoms. The highest BCUT2D eigenvalue weighted by atomic mass is 19.1. The number of nitrogens with zero attached hydrogens (tertiary/aromatic N) is 1. The molecule has 0 fully saturated rings. The molecule has 0 bridgehead atoms. The van der Waals surface area contributed by atoms with Gasteiger partial charge in [0, 0.05) is 0 Å². The van der Waals surface area contributed by atoms with Gasteiger partial charge < -0.3 is 15.9 Å². The van der Waals surface area contributed by atoms with Crippen LogP contribution in [-0.2, 0) is 4.84 Å². The Morgan fingerprint density at radius 2 is 1.60 bits per heavy atom. The number of benzene rings is 2. The molecule has 3 rings (SSSR count). The highest BCUT2D eigenvalue weighted by Gasteiger charge is 2.39. The molecule has 1 aliphatic rings. The van der Waals surface area contributed by atoms with Gasteiger partial charge in [0.05, 0.1) is 16.8 Å². The highest BCUT2D eigenvalue weighted by molar-refractivity contribution is 6.21. The Labute approximate surface area is 139 Å². The van der Waals surface area contributed by atoms with Crippen LogP contribution >= 0.6 is 0 Å². The van der Waals surface area contributed by atoms with Gasteiger partial charge in [-0.25, -0.2) is 14.0 Å². The van der Waals surface area contributed by atoms with Gasteiger partial charge in [-0.1, -0.05) is 23.3 Å². The van der Waals surface area contributed by atoms with E-state index < -0.39 is 35.2 Å². The fourth-order valence-corrected chi connectivity index (χ4v) is 2.35. The summed E-state index contributed by atoms with van der Waals surface area (Å²) in [7, 11) is 0. The van der Waals surface area contributed by atoms with Crippen LogP contribution in [0.1, 0.15) is 31.1 Å². The number of carbonyl (C=O) groups excluding carboxylic acids is 4. The molecule has 0 aromatic heterocycles. The average molecular weight is 343 g/mol. The first-order chi connectivity index (χ1) is 11.9. The van der Waals surface area contributed by atoms with Crippen molar-refractivity contribution in [2.75, 3.05) is 5.32 Å². The van der Waals surface area contributed by atoms with Gasteiger partial charge in [-0.2, -0.15) is 0 Å². The number of imide groups is 1. The largest absolute Gasteiger partial charge is 0.369 e. The summed E-state index contributed by atoms with van der Waals surface area (Å²) in [5, 5.41) is 2.31. The van der Waals surface area contributed by atoms with Crippen molar-refractivity contribution in [2.24, 2.45) is 5.73 Å². The van der Waals surface area contributed by atoms with Crippen molar-refractivity contribution in [2.45, 2.75) is 0 Å². The zero-order chi connectivity index (χ0) is 18.1. The lowest BCUT2D eigenvalue weighted by atomic mass is 10.1. The number of nitrogens with one attached hydrogen (secondary N) is 1. The Kier molecular flexibility index (Phi) is 3.89. The van der Waals surface area contributed by atoms with Crippen LogP contribution in [0, 0.1) is 5.82 Å². The molecular formula is C16H10FN3O5. The van der Waals surface area contributed by atoms with Gasteiger partial charge in [0.2, 0.25) is 0 Å². The minimum absolute atomic E-state index is 0.0596. The SMILES string of the molecule is NC(=O)Nc1cccc(F)c1C(=O)ON1C(=O)c2ccccc2C1=O. The minimum atomic E-state index is -1.34. The molecule has 4 amide bonds. The number of hydrogen-bond donors (Lipinski definition) is 2. The number of rotatable bonds is 3. The fraction of sp³-hybridized carbons (Fsp3) is 0. The van der Waals surface area contributed by atoms with Gasteiger partial charge in [0.1, 0.15) is 11.4 Å². The number of amides is 4. The molecule has 0 radical (unpaired) electrons. The van der Waals surface area contributed by atoms with Crippen molar-refractivity contribution in [3.63, 3.8) is 0 Å². The summed E-state index contributed by atoms with van der Waals surface area (Å²) in [6, 6.07) is 8.25. The molecule has 0 saturated carbocycles. The number of urea groups is 1. The number of hydrogen-bond acceptors (Lipinski definition) is 5. The van der Waals surface area contributed by atoms with Crippen LogP contribution in [0.15, 0.2) is 42.5 Å². The molecule has 1 heterocycles. The number of halogens is 1. The van der Waals surface area contributed by atoms with Crippen LogP contribution in [-0.4, -0.2) is 28.9 Å². The van der Waals surface area contributed by atoms with E-state index in [1.54, 1.807) is 12.1 Å². The predicted molar refractivity (Wildman–Crippen MR) is 82.0 cm³/mol. The van der Waals surface area contributed by atoms with Crippen LogP contribution in [0.25, 0.3) is 0 Å². The number of fused-ring (bicyclic) bond motifs is 1. The lowest BCUT2D eigenvalue weighted by Crippen LogP contribution is -2.33. The molecule has 8 nitrogen and oxygen atoms in total. The van der Waals surface area contributed by atoms with Gasteiger partial charge in [-0.3, -0.25) is 9.59 Å². The van der Waals surface area contributed by atoms with E-state index in [0.29, 0.717) is 0 Å². The standard InChI is InChI=1S/C16H10FN3O5/c17-10-6-3-7-11(19-16(18)24)12(10)15(23)25-20-13(21)8-4-1-2-5-9(8)14(20)22/h1-7H,(H3,18,19,24). The van der Waals surface area contributed by atoms with Crippen molar-refractivity contribution in [3.8, 4) is 0 Å². The van der Waals surface area contributed by atoms with Crippen LogP contribution in [0.5, 0.6) is 0 Å². The summed E-state index contributed by atoms with van der Waals surface area (Å²) in [6.07, 6.45) is 0. The summed E-state index contributed by atoms with van der Waals surface area (Å²) in [6.45, 7) is 0. The summed E-state index contributed by atoms with van der Waals surface area (Å²) < 4.78 is 14.0. The van der Waals surface area contributed by atoms with E-state index in [1.165, 1.54) is 24.3 Å². The van der Waals surface area contributed by atoms with E-state index in [-0.39, 0.29) is 21.9 Å². The molecule has 0 atom stereocenters. The molecule has 0 saturated heterocycles. The first-order valence-electron chi connectivity index (χ1n) is 6.95. The lowest BCUT2D eigenvalue weighted by molar-refractivity contribution is -0.0586. The quantitative estimate of drug-likeness (QED) is 0.822. The Morgan fingerprint density at radius 1 is 1.00 bits per heavy atom. The smallest absolute Gasteiger partial charge is 0.351 e. The maximum Gasteiger partial charge on any atom is 0.369 e. The van der Waals surface area contributed by atoms with E-state index >= 15 is 0 Å². The van der Waals surface area contributed by atoms with E-state index in [0.717, 1.165) is 6.07 Å². The number of carbonyl (C=O) groups is 4. The third-order valence-electron chi connectivity index (χ3n) is 3.41. The van der Waals surface area contributed by atoms with Crippen LogP contribution in [0.4, 0.5) is 14.9 Å². The van der Waals surface area contributed by atoms with E-state index in [1.807, 2.05) is 0 Å². The van der Waals surface area contributed by atoms with E-state index in [9.17, 15) is 23.6 Å². The Morgan fingerprint density at radius 3 is 2.16 bits per heavy atom. The number of hydroxylamine groups is 2. The van der Waals surface area contributed by atoms with Gasteiger partial charge in [-0.15, -0.1) is 0 Å². The van der Waals surface area contributed by atoms with Crippen molar-refractivity contribution >= 4 is 29.5 Å². The molecule has 2 aromatic carbocycles. The molecule has 126 valence electrons. The Hall–Kier alpha value is -3.75. The van der Waals surface area contributed by atoms with Gasteiger partial charge in [0.25, 0.3) is 11.8 Å². The van der Waals surface area contributed by atoms with Crippen LogP contribution in [0.2, 0.25) is 0 Å². The molecule has 0 unspecified atom stereocenters. The number of primary amides is 1. The molecule has 25 heavy (non-hydrogen) atoms. The van der Waals surface area contributed by atoms with Crippen LogP contribution in [0.3, 0.4) is 0 Å².